The van der Waals surface area contributed by atoms with Crippen molar-refractivity contribution in [2.45, 2.75) is 13.8 Å². The van der Waals surface area contributed by atoms with E-state index in [0.717, 1.165) is 16.5 Å². The zero-order chi connectivity index (χ0) is 20.1. The Balaban J connectivity index is 1.92. The van der Waals surface area contributed by atoms with Crippen molar-refractivity contribution in [2.24, 2.45) is 0 Å². The first-order valence-corrected chi connectivity index (χ1v) is 9.19. The lowest BCUT2D eigenvalue weighted by molar-refractivity contribution is 0.0985. The first kappa shape index (κ1) is 17.3. The fourth-order valence-corrected chi connectivity index (χ4v) is 3.67. The highest BCUT2D eigenvalue weighted by Gasteiger charge is 2.27. The van der Waals surface area contributed by atoms with Gasteiger partial charge in [-0.3, -0.25) is 4.79 Å². The summed E-state index contributed by atoms with van der Waals surface area (Å²) >= 11 is 0. The molecule has 3 aromatic heterocycles. The molecule has 0 aliphatic carbocycles. The molecule has 5 nitrogen and oxygen atoms in total. The molecule has 5 aromatic rings. The number of aryl methyl sites for hydroxylation is 2. The molecule has 3 heterocycles. The van der Waals surface area contributed by atoms with E-state index in [-0.39, 0.29) is 17.3 Å². The monoisotopic (exact) mass is 384 g/mol. The van der Waals surface area contributed by atoms with Crippen LogP contribution in [0.2, 0.25) is 0 Å². The number of hydrogen-bond donors (Lipinski definition) is 0. The van der Waals surface area contributed by atoms with E-state index in [2.05, 4.69) is 0 Å². The summed E-state index contributed by atoms with van der Waals surface area (Å²) in [5.74, 6) is 0.618. The number of benzene rings is 2. The molecule has 0 unspecified atom stereocenters. The maximum Gasteiger partial charge on any atom is 0.336 e. The van der Waals surface area contributed by atoms with Gasteiger partial charge in [0.15, 0.2) is 11.5 Å². The van der Waals surface area contributed by atoms with Crippen LogP contribution in [0.4, 0.5) is 0 Å². The summed E-state index contributed by atoms with van der Waals surface area (Å²) in [5.41, 5.74) is 2.60. The van der Waals surface area contributed by atoms with Gasteiger partial charge in [-0.25, -0.2) is 4.79 Å². The van der Waals surface area contributed by atoms with Gasteiger partial charge in [0.25, 0.3) is 5.78 Å². The van der Waals surface area contributed by atoms with Crippen LogP contribution in [-0.2, 0) is 0 Å². The summed E-state index contributed by atoms with van der Waals surface area (Å²) < 4.78 is 17.1. The second kappa shape index (κ2) is 6.34. The average Bonchev–Trinajstić information content (AvgIpc) is 3.32. The number of ketones is 1. The molecule has 5 heteroatoms. The lowest BCUT2D eigenvalue weighted by atomic mass is 9.98. The van der Waals surface area contributed by atoms with Gasteiger partial charge in [-0.15, -0.1) is 0 Å². The topological polar surface area (TPSA) is 73.6 Å². The van der Waals surface area contributed by atoms with Crippen LogP contribution in [0.15, 0.2) is 78.7 Å². The van der Waals surface area contributed by atoms with Crippen LogP contribution in [0.1, 0.15) is 27.6 Å². The third-order valence-corrected chi connectivity index (χ3v) is 5.00. The Morgan fingerprint density at radius 3 is 2.38 bits per heavy atom. The van der Waals surface area contributed by atoms with Crippen molar-refractivity contribution in [1.29, 1.82) is 0 Å². The van der Waals surface area contributed by atoms with Crippen LogP contribution in [0.5, 0.6) is 0 Å². The molecule has 0 spiro atoms. The Kier molecular flexibility index (Phi) is 3.77. The predicted molar refractivity (Wildman–Crippen MR) is 109 cm³/mol. The highest BCUT2D eigenvalue weighted by Crippen LogP contribution is 2.40. The van der Waals surface area contributed by atoms with Crippen molar-refractivity contribution < 1.29 is 18.0 Å². The Morgan fingerprint density at radius 1 is 0.862 bits per heavy atom. The molecular weight excluding hydrogens is 368 g/mol. The molecule has 0 saturated carbocycles. The second-order valence-electron chi connectivity index (χ2n) is 6.98. The quantitative estimate of drug-likeness (QED) is 0.297. The normalized spacial score (nSPS) is 11.4. The highest BCUT2D eigenvalue weighted by atomic mass is 16.4. The molecular formula is C24H16O5. The smallest absolute Gasteiger partial charge is 0.336 e. The zero-order valence-corrected chi connectivity index (χ0v) is 15.8. The number of rotatable bonds is 3. The van der Waals surface area contributed by atoms with Crippen LogP contribution in [0, 0.1) is 13.8 Å². The van der Waals surface area contributed by atoms with Gasteiger partial charge in [0, 0.05) is 17.0 Å². The number of carbonyl (C=O) groups excluding carboxylic acids is 1. The molecule has 0 aliphatic heterocycles. The van der Waals surface area contributed by atoms with Gasteiger partial charge in [0.2, 0.25) is 0 Å². The summed E-state index contributed by atoms with van der Waals surface area (Å²) in [6.45, 7) is 3.63. The molecule has 142 valence electrons. The molecule has 0 saturated heterocycles. The van der Waals surface area contributed by atoms with Gasteiger partial charge in [-0.1, -0.05) is 30.3 Å². The lowest BCUT2D eigenvalue weighted by Crippen LogP contribution is -2.00. The van der Waals surface area contributed by atoms with E-state index < -0.39 is 5.63 Å². The molecule has 0 amide bonds. The van der Waals surface area contributed by atoms with E-state index in [9.17, 15) is 9.59 Å². The fraction of sp³-hybridized carbons (Fsp3) is 0.0833. The Hall–Kier alpha value is -3.86. The van der Waals surface area contributed by atoms with Crippen LogP contribution in [0.3, 0.4) is 0 Å². The van der Waals surface area contributed by atoms with Crippen LogP contribution in [-0.4, -0.2) is 5.78 Å². The molecule has 0 N–H and O–H groups in total. The second-order valence-corrected chi connectivity index (χ2v) is 6.98. The summed E-state index contributed by atoms with van der Waals surface area (Å²) in [4.78, 5) is 25.3. The molecule has 2 aromatic carbocycles. The SMILES string of the molecule is Cc1ccc(C(=O)c2oc3ccc4c(C)cc(=O)oc4c3c2-c2ccccc2)o1. The Morgan fingerprint density at radius 2 is 1.66 bits per heavy atom. The minimum atomic E-state index is -0.447. The van der Waals surface area contributed by atoms with Crippen LogP contribution < -0.4 is 5.63 Å². The summed E-state index contributed by atoms with van der Waals surface area (Å²) in [5, 5.41) is 1.39. The number of carbonyl (C=O) groups is 1. The first-order chi connectivity index (χ1) is 14.0. The van der Waals surface area contributed by atoms with Crippen molar-refractivity contribution in [3.05, 3.63) is 93.9 Å². The Bertz CT molecular complexity index is 1450. The summed E-state index contributed by atoms with van der Waals surface area (Å²) in [6.07, 6.45) is 0. The molecule has 0 radical (unpaired) electrons. The third kappa shape index (κ3) is 2.70. The average molecular weight is 384 g/mol. The number of fused-ring (bicyclic) bond motifs is 3. The maximum atomic E-state index is 13.2. The van der Waals surface area contributed by atoms with Gasteiger partial charge < -0.3 is 13.3 Å². The first-order valence-electron chi connectivity index (χ1n) is 9.19. The minimum absolute atomic E-state index is 0.150. The van der Waals surface area contributed by atoms with Crippen molar-refractivity contribution in [3.63, 3.8) is 0 Å². The van der Waals surface area contributed by atoms with E-state index in [1.165, 1.54) is 6.07 Å². The van der Waals surface area contributed by atoms with E-state index in [1.807, 2.05) is 43.3 Å². The number of hydrogen-bond acceptors (Lipinski definition) is 5. The number of furan rings is 2. The van der Waals surface area contributed by atoms with E-state index in [1.54, 1.807) is 25.1 Å². The minimum Gasteiger partial charge on any atom is -0.458 e. The van der Waals surface area contributed by atoms with Crippen molar-refractivity contribution in [3.8, 4) is 11.1 Å². The Labute approximate surface area is 165 Å². The standard InChI is InChI=1S/C24H16O5/c1-13-12-19(25)29-23-16(13)9-11-17-21(23)20(15-6-4-3-5-7-15)24(28-17)22(26)18-10-8-14(2)27-18/h3-12H,1-2H3. The van der Waals surface area contributed by atoms with E-state index in [0.29, 0.717) is 27.9 Å². The van der Waals surface area contributed by atoms with Crippen molar-refractivity contribution >= 4 is 27.7 Å². The van der Waals surface area contributed by atoms with Gasteiger partial charge in [0.1, 0.15) is 16.9 Å². The van der Waals surface area contributed by atoms with E-state index >= 15 is 0 Å². The van der Waals surface area contributed by atoms with Gasteiger partial charge in [-0.05, 0) is 49.2 Å². The fourth-order valence-electron chi connectivity index (χ4n) is 3.67. The maximum absolute atomic E-state index is 13.2. The molecule has 0 aliphatic rings. The summed E-state index contributed by atoms with van der Waals surface area (Å²) in [6, 6.07) is 17.9. The van der Waals surface area contributed by atoms with Crippen molar-refractivity contribution in [2.75, 3.05) is 0 Å². The van der Waals surface area contributed by atoms with Crippen molar-refractivity contribution in [1.82, 2.24) is 0 Å². The summed E-state index contributed by atoms with van der Waals surface area (Å²) in [7, 11) is 0. The lowest BCUT2D eigenvalue weighted by Gasteiger charge is -2.05. The third-order valence-electron chi connectivity index (χ3n) is 5.00. The van der Waals surface area contributed by atoms with Crippen LogP contribution >= 0.6 is 0 Å². The molecule has 0 bridgehead atoms. The van der Waals surface area contributed by atoms with Gasteiger partial charge >= 0.3 is 5.63 Å². The predicted octanol–water partition coefficient (Wildman–Crippen LogP) is 5.65. The molecule has 29 heavy (non-hydrogen) atoms. The highest BCUT2D eigenvalue weighted by molar-refractivity contribution is 6.19. The van der Waals surface area contributed by atoms with E-state index in [4.69, 9.17) is 13.3 Å². The molecule has 0 fully saturated rings. The molecule has 5 rings (SSSR count). The van der Waals surface area contributed by atoms with Crippen LogP contribution in [0.25, 0.3) is 33.1 Å². The van der Waals surface area contributed by atoms with Gasteiger partial charge in [0.05, 0.1) is 5.39 Å². The van der Waals surface area contributed by atoms with Gasteiger partial charge in [-0.2, -0.15) is 0 Å². The largest absolute Gasteiger partial charge is 0.458 e. The molecule has 0 atom stereocenters. The zero-order valence-electron chi connectivity index (χ0n) is 15.8.